The summed E-state index contributed by atoms with van der Waals surface area (Å²) >= 11 is 0. The van der Waals surface area contributed by atoms with E-state index in [1.54, 1.807) is 0 Å². The number of H-pyrrole nitrogens is 1. The molecule has 1 saturated carbocycles. The Bertz CT molecular complexity index is 984. The third kappa shape index (κ3) is 6.33. The van der Waals surface area contributed by atoms with Gasteiger partial charge in [0.2, 0.25) is 5.91 Å². The summed E-state index contributed by atoms with van der Waals surface area (Å²) in [5, 5.41) is 10.7. The van der Waals surface area contributed by atoms with E-state index in [4.69, 9.17) is 4.74 Å². The fraction of sp³-hybridized carbons (Fsp3) is 0.462. The zero-order valence-electron chi connectivity index (χ0n) is 19.8. The smallest absolute Gasteiger partial charge is 0.225 e. The summed E-state index contributed by atoms with van der Waals surface area (Å²) in [6.07, 6.45) is 6.04. The van der Waals surface area contributed by atoms with Crippen molar-refractivity contribution in [1.29, 1.82) is 0 Å². The number of ether oxygens (including phenoxy) is 1. The molecule has 0 unspecified atom stereocenters. The zero-order chi connectivity index (χ0) is 23.2. The predicted molar refractivity (Wildman–Crippen MR) is 131 cm³/mol. The first-order valence-corrected chi connectivity index (χ1v) is 11.8. The van der Waals surface area contributed by atoms with Gasteiger partial charge < -0.3 is 19.9 Å². The van der Waals surface area contributed by atoms with Crippen molar-refractivity contribution in [1.82, 2.24) is 20.4 Å². The summed E-state index contributed by atoms with van der Waals surface area (Å²) in [7, 11) is 3.94. The minimum absolute atomic E-state index is 0.0851. The van der Waals surface area contributed by atoms with Gasteiger partial charge in [0.25, 0.3) is 0 Å². The second-order valence-electron chi connectivity index (χ2n) is 9.11. The summed E-state index contributed by atoms with van der Waals surface area (Å²) in [6, 6.07) is 14.7. The molecule has 0 bridgehead atoms. The van der Waals surface area contributed by atoms with Gasteiger partial charge in [-0.2, -0.15) is 5.10 Å². The molecule has 2 fully saturated rings. The molecule has 4 rings (SSSR count). The van der Waals surface area contributed by atoms with Crippen LogP contribution < -0.4 is 10.2 Å². The highest BCUT2D eigenvalue weighted by atomic mass is 16.5. The molecule has 2 atom stereocenters. The molecule has 1 aromatic carbocycles. The van der Waals surface area contributed by atoms with E-state index in [1.165, 1.54) is 5.56 Å². The Labute approximate surface area is 196 Å². The second-order valence-corrected chi connectivity index (χ2v) is 9.11. The molecular weight excluding hydrogens is 414 g/mol. The van der Waals surface area contributed by atoms with Crippen LogP contribution in [0.5, 0.6) is 0 Å². The van der Waals surface area contributed by atoms with Gasteiger partial charge >= 0.3 is 0 Å². The Balaban J connectivity index is 1.46. The quantitative estimate of drug-likeness (QED) is 0.676. The van der Waals surface area contributed by atoms with E-state index in [9.17, 15) is 4.79 Å². The molecule has 0 radical (unpaired) electrons. The number of amides is 1. The Kier molecular flexibility index (Phi) is 7.62. The molecular formula is C26H35N5O2. The van der Waals surface area contributed by atoms with Gasteiger partial charge in [-0.15, -0.1) is 0 Å². The highest BCUT2D eigenvalue weighted by Gasteiger charge is 2.31. The van der Waals surface area contributed by atoms with E-state index in [0.717, 1.165) is 49.3 Å². The van der Waals surface area contributed by atoms with Gasteiger partial charge in [-0.05, 0) is 43.0 Å². The Morgan fingerprint density at radius 1 is 1.03 bits per heavy atom. The van der Waals surface area contributed by atoms with Crippen LogP contribution in [0.15, 0.2) is 54.9 Å². The maximum Gasteiger partial charge on any atom is 0.225 e. The molecule has 1 amide bonds. The van der Waals surface area contributed by atoms with Gasteiger partial charge in [0.15, 0.2) is 0 Å². The highest BCUT2D eigenvalue weighted by Crippen LogP contribution is 2.30. The normalized spacial score (nSPS) is 20.1. The fourth-order valence-electron chi connectivity index (χ4n) is 4.03. The van der Waals surface area contributed by atoms with Gasteiger partial charge in [-0.25, -0.2) is 0 Å². The summed E-state index contributed by atoms with van der Waals surface area (Å²) in [6.45, 7) is 5.29. The molecule has 1 saturated heterocycles. The van der Waals surface area contributed by atoms with Crippen LogP contribution >= 0.6 is 0 Å². The molecule has 33 heavy (non-hydrogen) atoms. The van der Waals surface area contributed by atoms with Gasteiger partial charge in [0.1, 0.15) is 0 Å². The topological polar surface area (TPSA) is 73.5 Å². The standard InChI is InChI=1S/C26H35N5O2/c1-19-16-27-18-25(33-19)21-6-4-20(5-7-21)23-10-11-24(12-13-28-29-17-23)30(2)14-15-31(3)26(32)22-8-9-22/h4-7,10-13,17,19,22,25,27-28H,8-9,14-16,18H2,1-3H3/t19-,25-/m0/s1. The molecule has 2 heterocycles. The van der Waals surface area contributed by atoms with Crippen molar-refractivity contribution >= 4 is 11.6 Å². The van der Waals surface area contributed by atoms with E-state index in [0.29, 0.717) is 6.54 Å². The average Bonchev–Trinajstić information content (AvgIpc) is 3.66. The van der Waals surface area contributed by atoms with Crippen LogP contribution in [0.2, 0.25) is 0 Å². The third-order valence-corrected chi connectivity index (χ3v) is 6.33. The van der Waals surface area contributed by atoms with Crippen LogP contribution in [0.1, 0.15) is 31.4 Å². The molecule has 1 aliphatic carbocycles. The van der Waals surface area contributed by atoms with E-state index in [2.05, 4.69) is 63.7 Å². The number of hydrogen-bond donors (Lipinski definition) is 2. The second kappa shape index (κ2) is 10.8. The average molecular weight is 450 g/mol. The van der Waals surface area contributed by atoms with Crippen molar-refractivity contribution in [3.05, 3.63) is 60.4 Å². The summed E-state index contributed by atoms with van der Waals surface area (Å²) < 4.78 is 6.06. The molecule has 1 aromatic heterocycles. The van der Waals surface area contributed by atoms with E-state index >= 15 is 0 Å². The highest BCUT2D eigenvalue weighted by molar-refractivity contribution is 5.80. The van der Waals surface area contributed by atoms with E-state index in [1.807, 2.05) is 37.5 Å². The van der Waals surface area contributed by atoms with Crippen molar-refractivity contribution < 1.29 is 9.53 Å². The summed E-state index contributed by atoms with van der Waals surface area (Å²) in [5.74, 6) is 0.527. The van der Waals surface area contributed by atoms with Gasteiger partial charge in [0, 0.05) is 63.6 Å². The van der Waals surface area contributed by atoms with Crippen molar-refractivity contribution in [2.45, 2.75) is 32.0 Å². The first-order chi connectivity index (χ1) is 16.0. The molecule has 2 N–H and O–H groups in total. The maximum absolute atomic E-state index is 12.2. The van der Waals surface area contributed by atoms with E-state index in [-0.39, 0.29) is 24.0 Å². The van der Waals surface area contributed by atoms with Gasteiger partial charge in [-0.3, -0.25) is 9.89 Å². The van der Waals surface area contributed by atoms with Crippen LogP contribution in [-0.4, -0.2) is 67.4 Å². The number of rotatable bonds is 7. The Morgan fingerprint density at radius 2 is 1.79 bits per heavy atom. The fourth-order valence-corrected chi connectivity index (χ4v) is 4.03. The number of nitrogens with zero attached hydrogens (tertiary/aromatic N) is 3. The molecule has 7 nitrogen and oxygen atoms in total. The molecule has 7 heteroatoms. The van der Waals surface area contributed by atoms with Crippen LogP contribution in [0, 0.1) is 5.92 Å². The monoisotopic (exact) mass is 449 g/mol. The minimum atomic E-state index is 0.0851. The van der Waals surface area contributed by atoms with E-state index < -0.39 is 0 Å². The van der Waals surface area contributed by atoms with Gasteiger partial charge in [-0.1, -0.05) is 30.3 Å². The predicted octanol–water partition coefficient (Wildman–Crippen LogP) is 3.56. The molecule has 2 aliphatic rings. The van der Waals surface area contributed by atoms with Crippen LogP contribution in [0.25, 0.3) is 11.1 Å². The van der Waals surface area contributed by atoms with Crippen LogP contribution in [0.4, 0.5) is 5.69 Å². The number of likely N-dealkylation sites (N-methyl/N-ethyl adjacent to an activating group) is 2. The molecule has 1 aliphatic heterocycles. The third-order valence-electron chi connectivity index (χ3n) is 6.33. The SMILES string of the molecule is C[C@H]1CNC[C@@H](c2ccc(-c3ccc(N(C)CCN(C)C(=O)C4CC4)cc[nH]nc3)cc2)O1. The molecule has 0 spiro atoms. The van der Waals surface area contributed by atoms with Crippen LogP contribution in [0.3, 0.4) is 0 Å². The number of hydrogen-bond acceptors (Lipinski definition) is 5. The summed E-state index contributed by atoms with van der Waals surface area (Å²) in [5.41, 5.74) is 4.33. The molecule has 176 valence electrons. The lowest BCUT2D eigenvalue weighted by Gasteiger charge is -2.29. The number of benzene rings is 1. The first-order valence-electron chi connectivity index (χ1n) is 11.8. The number of aromatic nitrogens is 2. The first kappa shape index (κ1) is 23.3. The number of aromatic amines is 1. The minimum Gasteiger partial charge on any atom is -0.373 e. The van der Waals surface area contributed by atoms with Crippen molar-refractivity contribution in [2.75, 3.05) is 45.2 Å². The lowest BCUT2D eigenvalue weighted by molar-refractivity contribution is -0.131. The number of anilines is 1. The number of nitrogens with one attached hydrogen (secondary N) is 2. The van der Waals surface area contributed by atoms with Gasteiger partial charge in [0.05, 0.1) is 18.4 Å². The maximum atomic E-state index is 12.2. The number of carbonyl (C=O) groups excluding carboxylic acids is 1. The Hall–Kier alpha value is -2.90. The summed E-state index contributed by atoms with van der Waals surface area (Å²) in [4.78, 5) is 16.2. The lowest BCUT2D eigenvalue weighted by Crippen LogP contribution is -2.38. The number of carbonyl (C=O) groups is 1. The van der Waals surface area contributed by atoms with Crippen LogP contribution in [-0.2, 0) is 9.53 Å². The molecule has 2 aromatic rings. The largest absolute Gasteiger partial charge is 0.373 e. The number of morpholine rings is 1. The lowest BCUT2D eigenvalue weighted by atomic mass is 10.0. The van der Waals surface area contributed by atoms with Crippen molar-refractivity contribution in [3.8, 4) is 11.1 Å². The zero-order valence-corrected chi connectivity index (χ0v) is 19.8. The Morgan fingerprint density at radius 3 is 2.52 bits per heavy atom. The van der Waals surface area contributed by atoms with Crippen molar-refractivity contribution in [2.24, 2.45) is 5.92 Å². The van der Waals surface area contributed by atoms with Crippen molar-refractivity contribution in [3.63, 3.8) is 0 Å².